The van der Waals surface area contributed by atoms with E-state index in [0.717, 1.165) is 5.56 Å². The Balaban J connectivity index is 2.52. The maximum Gasteiger partial charge on any atom is 0.211 e. The number of rotatable bonds is 9. The molecule has 4 nitrogen and oxygen atoms in total. The fourth-order valence-corrected chi connectivity index (χ4v) is 3.30. The first-order valence-electron chi connectivity index (χ1n) is 6.16. The van der Waals surface area contributed by atoms with Crippen LogP contribution >= 0.6 is 11.6 Å². The summed E-state index contributed by atoms with van der Waals surface area (Å²) in [5.41, 5.74) is 1.06. The van der Waals surface area contributed by atoms with Gasteiger partial charge in [-0.05, 0) is 18.4 Å². The molecular weight excluding hydrogens is 286 g/mol. The number of nitrogens with one attached hydrogen (secondary N) is 1. The molecule has 1 unspecified atom stereocenters. The summed E-state index contributed by atoms with van der Waals surface area (Å²) in [4.78, 5) is 0. The van der Waals surface area contributed by atoms with E-state index in [1.165, 1.54) is 0 Å². The Hall–Kier alpha value is -0.620. The van der Waals surface area contributed by atoms with Crippen LogP contribution in [-0.2, 0) is 21.2 Å². The lowest BCUT2D eigenvalue weighted by Crippen LogP contribution is -2.39. The molecule has 0 saturated carbocycles. The Labute approximate surface area is 120 Å². The maximum atomic E-state index is 11.8. The normalized spacial score (nSPS) is 13.4. The van der Waals surface area contributed by atoms with Crippen molar-refractivity contribution in [3.05, 3.63) is 35.9 Å². The molecule has 1 rings (SSSR count). The summed E-state index contributed by atoms with van der Waals surface area (Å²) in [6.07, 6.45) is 1.07. The van der Waals surface area contributed by atoms with Crippen LogP contribution in [0.3, 0.4) is 0 Å². The zero-order chi connectivity index (χ0) is 14.1. The van der Waals surface area contributed by atoms with Crippen LogP contribution in [0.5, 0.6) is 0 Å². The minimum Gasteiger partial charge on any atom is -0.385 e. The van der Waals surface area contributed by atoms with Crippen LogP contribution in [0.1, 0.15) is 12.0 Å². The highest BCUT2D eigenvalue weighted by Gasteiger charge is 2.17. The van der Waals surface area contributed by atoms with Crippen molar-refractivity contribution in [3.8, 4) is 0 Å². The van der Waals surface area contributed by atoms with E-state index >= 15 is 0 Å². The zero-order valence-corrected chi connectivity index (χ0v) is 12.6. The fraction of sp³-hybridized carbons (Fsp3) is 0.538. The summed E-state index contributed by atoms with van der Waals surface area (Å²) in [7, 11) is -1.75. The van der Waals surface area contributed by atoms with Crippen molar-refractivity contribution in [2.45, 2.75) is 18.9 Å². The molecule has 0 radical (unpaired) electrons. The summed E-state index contributed by atoms with van der Waals surface area (Å²) >= 11 is 5.83. The van der Waals surface area contributed by atoms with E-state index in [4.69, 9.17) is 16.3 Å². The number of methoxy groups -OCH3 is 1. The minimum atomic E-state index is -3.30. The predicted octanol–water partition coefficient (Wildman–Crippen LogP) is 1.79. The fourth-order valence-electron chi connectivity index (χ4n) is 1.73. The molecule has 0 spiro atoms. The molecule has 1 aromatic carbocycles. The summed E-state index contributed by atoms with van der Waals surface area (Å²) in [5.74, 6) is 0.307. The molecule has 0 bridgehead atoms. The van der Waals surface area contributed by atoms with Crippen LogP contribution in [0, 0.1) is 0 Å². The third kappa shape index (κ3) is 6.92. The average molecular weight is 306 g/mol. The molecule has 19 heavy (non-hydrogen) atoms. The smallest absolute Gasteiger partial charge is 0.211 e. The summed E-state index contributed by atoms with van der Waals surface area (Å²) in [5, 5.41) is 0. The van der Waals surface area contributed by atoms with Gasteiger partial charge in [0.15, 0.2) is 0 Å². The van der Waals surface area contributed by atoms with Gasteiger partial charge >= 0.3 is 0 Å². The van der Waals surface area contributed by atoms with Gasteiger partial charge in [0.1, 0.15) is 0 Å². The molecule has 0 aliphatic heterocycles. The third-order valence-electron chi connectivity index (χ3n) is 2.62. The SMILES string of the molecule is COCCCS(=O)(=O)NC(CCl)Cc1ccccc1. The van der Waals surface area contributed by atoms with Crippen LogP contribution in [0.15, 0.2) is 30.3 Å². The number of sulfonamides is 1. The van der Waals surface area contributed by atoms with E-state index < -0.39 is 10.0 Å². The minimum absolute atomic E-state index is 0.0586. The van der Waals surface area contributed by atoms with Gasteiger partial charge in [-0.3, -0.25) is 0 Å². The molecular formula is C13H20ClNO3S. The van der Waals surface area contributed by atoms with Crippen molar-refractivity contribution in [2.75, 3.05) is 25.3 Å². The summed E-state index contributed by atoms with van der Waals surface area (Å²) in [6, 6.07) is 9.41. The first kappa shape index (κ1) is 16.4. The highest BCUT2D eigenvalue weighted by molar-refractivity contribution is 7.89. The van der Waals surface area contributed by atoms with Crippen molar-refractivity contribution in [3.63, 3.8) is 0 Å². The van der Waals surface area contributed by atoms with Gasteiger partial charge in [-0.25, -0.2) is 13.1 Å². The van der Waals surface area contributed by atoms with Gasteiger partial charge in [0, 0.05) is 25.6 Å². The Morgan fingerprint density at radius 3 is 2.58 bits per heavy atom. The molecule has 0 amide bonds. The molecule has 1 atom stereocenters. The average Bonchev–Trinajstić information content (AvgIpc) is 2.39. The quantitative estimate of drug-likeness (QED) is 0.559. The van der Waals surface area contributed by atoms with Crippen LogP contribution in [0.25, 0.3) is 0 Å². The van der Waals surface area contributed by atoms with E-state index in [2.05, 4.69) is 4.72 Å². The Morgan fingerprint density at radius 2 is 2.00 bits per heavy atom. The van der Waals surface area contributed by atoms with Gasteiger partial charge < -0.3 is 4.74 Å². The van der Waals surface area contributed by atoms with Gasteiger partial charge in [0.05, 0.1) is 5.75 Å². The van der Waals surface area contributed by atoms with Gasteiger partial charge in [-0.1, -0.05) is 30.3 Å². The molecule has 0 aliphatic rings. The topological polar surface area (TPSA) is 55.4 Å². The molecule has 0 heterocycles. The number of alkyl halides is 1. The van der Waals surface area contributed by atoms with E-state index in [-0.39, 0.29) is 17.7 Å². The number of ether oxygens (including phenoxy) is 1. The number of hydrogen-bond acceptors (Lipinski definition) is 3. The lowest BCUT2D eigenvalue weighted by atomic mass is 10.1. The third-order valence-corrected chi connectivity index (χ3v) is 4.51. The van der Waals surface area contributed by atoms with Crippen molar-refractivity contribution < 1.29 is 13.2 Å². The van der Waals surface area contributed by atoms with Crippen LogP contribution < -0.4 is 4.72 Å². The van der Waals surface area contributed by atoms with Crippen molar-refractivity contribution >= 4 is 21.6 Å². The molecule has 108 valence electrons. The molecule has 0 saturated heterocycles. The van der Waals surface area contributed by atoms with E-state index in [1.807, 2.05) is 30.3 Å². The van der Waals surface area contributed by atoms with E-state index in [0.29, 0.717) is 19.4 Å². The lowest BCUT2D eigenvalue weighted by molar-refractivity contribution is 0.199. The van der Waals surface area contributed by atoms with Crippen molar-refractivity contribution in [1.82, 2.24) is 4.72 Å². The highest BCUT2D eigenvalue weighted by atomic mass is 35.5. The molecule has 0 fully saturated rings. The zero-order valence-electron chi connectivity index (χ0n) is 11.0. The molecule has 1 aromatic rings. The second-order valence-electron chi connectivity index (χ2n) is 4.32. The second-order valence-corrected chi connectivity index (χ2v) is 6.51. The van der Waals surface area contributed by atoms with Crippen LogP contribution in [-0.4, -0.2) is 39.8 Å². The highest BCUT2D eigenvalue weighted by Crippen LogP contribution is 2.06. The monoisotopic (exact) mass is 305 g/mol. The van der Waals surface area contributed by atoms with E-state index in [9.17, 15) is 8.42 Å². The molecule has 1 N–H and O–H groups in total. The van der Waals surface area contributed by atoms with Crippen molar-refractivity contribution in [2.24, 2.45) is 0 Å². The number of benzene rings is 1. The summed E-state index contributed by atoms with van der Waals surface area (Å²) in [6.45, 7) is 0.436. The first-order chi connectivity index (χ1) is 9.07. The largest absolute Gasteiger partial charge is 0.385 e. The molecule has 0 aliphatic carbocycles. The Kier molecular flexibility index (Phi) is 7.38. The number of hydrogen-bond donors (Lipinski definition) is 1. The van der Waals surface area contributed by atoms with Gasteiger partial charge in [-0.15, -0.1) is 11.6 Å². The maximum absolute atomic E-state index is 11.8. The van der Waals surface area contributed by atoms with Gasteiger partial charge in [0.2, 0.25) is 10.0 Å². The van der Waals surface area contributed by atoms with Gasteiger partial charge in [0.25, 0.3) is 0 Å². The molecule has 0 aromatic heterocycles. The van der Waals surface area contributed by atoms with E-state index in [1.54, 1.807) is 7.11 Å². The van der Waals surface area contributed by atoms with Crippen LogP contribution in [0.4, 0.5) is 0 Å². The first-order valence-corrected chi connectivity index (χ1v) is 8.35. The lowest BCUT2D eigenvalue weighted by Gasteiger charge is -2.16. The van der Waals surface area contributed by atoms with Crippen LogP contribution in [0.2, 0.25) is 0 Å². The Morgan fingerprint density at radius 1 is 1.32 bits per heavy atom. The summed E-state index contributed by atoms with van der Waals surface area (Å²) < 4.78 is 31.2. The standard InChI is InChI=1S/C13H20ClNO3S/c1-18-8-5-9-19(16,17)15-13(11-14)10-12-6-3-2-4-7-12/h2-4,6-7,13,15H,5,8-11H2,1H3. The number of halogens is 1. The van der Waals surface area contributed by atoms with Crippen molar-refractivity contribution in [1.29, 1.82) is 0 Å². The molecule has 6 heteroatoms. The predicted molar refractivity (Wildman–Crippen MR) is 78.1 cm³/mol. The second kappa shape index (κ2) is 8.53. The Bertz CT molecular complexity index is 450. The van der Waals surface area contributed by atoms with Gasteiger partial charge in [-0.2, -0.15) is 0 Å².